The van der Waals surface area contributed by atoms with Gasteiger partial charge in [0.1, 0.15) is 0 Å². The number of rotatable bonds is 3. The second-order valence-electron chi connectivity index (χ2n) is 5.71. The average Bonchev–Trinajstić information content (AvgIpc) is 2.39. The summed E-state index contributed by atoms with van der Waals surface area (Å²) in [7, 11) is 0. The molecule has 1 heterocycles. The van der Waals surface area contributed by atoms with Crippen molar-refractivity contribution in [2.75, 3.05) is 6.54 Å². The van der Waals surface area contributed by atoms with Crippen molar-refractivity contribution in [2.24, 2.45) is 23.5 Å². The van der Waals surface area contributed by atoms with E-state index in [0.29, 0.717) is 11.8 Å². The molecule has 1 aliphatic carbocycles. The van der Waals surface area contributed by atoms with Crippen LogP contribution in [-0.2, 0) is 0 Å². The maximum absolute atomic E-state index is 5.93. The zero-order chi connectivity index (χ0) is 12.3. The van der Waals surface area contributed by atoms with Crippen LogP contribution in [0, 0.1) is 17.8 Å². The van der Waals surface area contributed by atoms with Crippen molar-refractivity contribution in [3.05, 3.63) is 30.1 Å². The van der Waals surface area contributed by atoms with Crippen LogP contribution in [0.2, 0.25) is 0 Å². The van der Waals surface area contributed by atoms with Gasteiger partial charge in [-0.25, -0.2) is 0 Å². The van der Waals surface area contributed by atoms with Crippen molar-refractivity contribution in [1.82, 2.24) is 4.98 Å². The molecule has 3 atom stereocenters. The molecule has 3 unspecified atom stereocenters. The molecule has 1 aromatic heterocycles. The number of pyridine rings is 1. The Balaban J connectivity index is 2.16. The second-order valence-corrected chi connectivity index (χ2v) is 5.71. The Labute approximate surface area is 105 Å². The first-order chi connectivity index (χ1) is 8.22. The molecule has 0 radical (unpaired) electrons. The molecule has 0 aliphatic heterocycles. The van der Waals surface area contributed by atoms with Gasteiger partial charge in [-0.3, -0.25) is 4.98 Å². The molecule has 1 fully saturated rings. The average molecular weight is 232 g/mol. The molecule has 0 spiro atoms. The van der Waals surface area contributed by atoms with Crippen molar-refractivity contribution < 1.29 is 0 Å². The zero-order valence-electron chi connectivity index (χ0n) is 11.0. The standard InChI is InChI=1S/C15H24N2/c1-11(2)12-5-6-13(9-16)15(8-12)14-4-3-7-17-10-14/h3-4,7,10-13,15H,5-6,8-9,16H2,1-2H3. The number of hydrogen-bond acceptors (Lipinski definition) is 2. The lowest BCUT2D eigenvalue weighted by molar-refractivity contribution is 0.197. The van der Waals surface area contributed by atoms with E-state index in [1.807, 2.05) is 18.5 Å². The van der Waals surface area contributed by atoms with E-state index in [1.54, 1.807) is 0 Å². The first kappa shape index (κ1) is 12.6. The number of hydrogen-bond donors (Lipinski definition) is 1. The summed E-state index contributed by atoms with van der Waals surface area (Å²) in [6.45, 7) is 5.49. The molecule has 0 aromatic carbocycles. The summed E-state index contributed by atoms with van der Waals surface area (Å²) in [5.74, 6) is 2.90. The highest BCUT2D eigenvalue weighted by molar-refractivity contribution is 5.17. The highest BCUT2D eigenvalue weighted by Crippen LogP contribution is 2.42. The van der Waals surface area contributed by atoms with E-state index in [-0.39, 0.29) is 0 Å². The molecule has 0 amide bonds. The monoisotopic (exact) mass is 232 g/mol. The van der Waals surface area contributed by atoms with Crippen LogP contribution < -0.4 is 5.73 Å². The Kier molecular flexibility index (Phi) is 4.16. The molecule has 94 valence electrons. The van der Waals surface area contributed by atoms with Gasteiger partial charge in [-0.05, 0) is 61.1 Å². The van der Waals surface area contributed by atoms with Crippen molar-refractivity contribution in [3.8, 4) is 0 Å². The largest absolute Gasteiger partial charge is 0.330 e. The van der Waals surface area contributed by atoms with Gasteiger partial charge in [0, 0.05) is 12.4 Å². The summed E-state index contributed by atoms with van der Waals surface area (Å²) < 4.78 is 0. The van der Waals surface area contributed by atoms with Crippen LogP contribution in [0.15, 0.2) is 24.5 Å². The van der Waals surface area contributed by atoms with Gasteiger partial charge in [0.2, 0.25) is 0 Å². The maximum Gasteiger partial charge on any atom is 0.0302 e. The summed E-state index contributed by atoms with van der Waals surface area (Å²) in [5.41, 5.74) is 7.31. The highest BCUT2D eigenvalue weighted by Gasteiger charge is 2.31. The van der Waals surface area contributed by atoms with Gasteiger partial charge >= 0.3 is 0 Å². The Morgan fingerprint density at radius 2 is 2.24 bits per heavy atom. The first-order valence-electron chi connectivity index (χ1n) is 6.82. The third-order valence-electron chi connectivity index (χ3n) is 4.39. The number of aromatic nitrogens is 1. The van der Waals surface area contributed by atoms with Crippen LogP contribution in [0.25, 0.3) is 0 Å². The molecule has 1 aliphatic rings. The molecule has 2 heteroatoms. The third kappa shape index (κ3) is 2.86. The SMILES string of the molecule is CC(C)C1CCC(CN)C(c2cccnc2)C1. The predicted molar refractivity (Wildman–Crippen MR) is 71.7 cm³/mol. The minimum atomic E-state index is 0.620. The highest BCUT2D eigenvalue weighted by atomic mass is 14.6. The summed E-state index contributed by atoms with van der Waals surface area (Å²) in [6, 6.07) is 4.25. The van der Waals surface area contributed by atoms with Gasteiger partial charge in [0.15, 0.2) is 0 Å². The quantitative estimate of drug-likeness (QED) is 0.869. The van der Waals surface area contributed by atoms with E-state index in [2.05, 4.69) is 24.9 Å². The van der Waals surface area contributed by atoms with Gasteiger partial charge in [-0.15, -0.1) is 0 Å². The third-order valence-corrected chi connectivity index (χ3v) is 4.39. The fourth-order valence-corrected chi connectivity index (χ4v) is 3.16. The second kappa shape index (κ2) is 5.63. The molecule has 2 nitrogen and oxygen atoms in total. The van der Waals surface area contributed by atoms with Crippen molar-refractivity contribution in [3.63, 3.8) is 0 Å². The Bertz CT molecular complexity index is 334. The van der Waals surface area contributed by atoms with Crippen LogP contribution in [-0.4, -0.2) is 11.5 Å². The lowest BCUT2D eigenvalue weighted by Crippen LogP contribution is -2.30. The molecule has 1 aromatic rings. The van der Waals surface area contributed by atoms with Gasteiger partial charge in [0.25, 0.3) is 0 Å². The van der Waals surface area contributed by atoms with Crippen molar-refractivity contribution in [1.29, 1.82) is 0 Å². The molecule has 0 saturated heterocycles. The molecular formula is C15H24N2. The Morgan fingerprint density at radius 1 is 1.41 bits per heavy atom. The van der Waals surface area contributed by atoms with Crippen LogP contribution in [0.4, 0.5) is 0 Å². The predicted octanol–water partition coefficient (Wildman–Crippen LogP) is 3.20. The van der Waals surface area contributed by atoms with E-state index in [0.717, 1.165) is 18.4 Å². The van der Waals surface area contributed by atoms with Gasteiger partial charge in [0.05, 0.1) is 0 Å². The van der Waals surface area contributed by atoms with Gasteiger partial charge < -0.3 is 5.73 Å². The lowest BCUT2D eigenvalue weighted by Gasteiger charge is -2.37. The zero-order valence-corrected chi connectivity index (χ0v) is 11.0. The fraction of sp³-hybridized carbons (Fsp3) is 0.667. The minimum absolute atomic E-state index is 0.620. The summed E-state index contributed by atoms with van der Waals surface area (Å²) in [4.78, 5) is 4.26. The van der Waals surface area contributed by atoms with Crippen LogP contribution in [0.1, 0.15) is 44.6 Å². The summed E-state index contributed by atoms with van der Waals surface area (Å²) in [5, 5.41) is 0. The molecule has 17 heavy (non-hydrogen) atoms. The lowest BCUT2D eigenvalue weighted by atomic mass is 9.68. The normalized spacial score (nSPS) is 29.5. The molecular weight excluding hydrogens is 208 g/mol. The Hall–Kier alpha value is -0.890. The smallest absolute Gasteiger partial charge is 0.0302 e. The van der Waals surface area contributed by atoms with Gasteiger partial charge in [-0.1, -0.05) is 19.9 Å². The van der Waals surface area contributed by atoms with E-state index < -0.39 is 0 Å². The van der Waals surface area contributed by atoms with Crippen molar-refractivity contribution >= 4 is 0 Å². The summed E-state index contributed by atoms with van der Waals surface area (Å²) in [6.07, 6.45) is 7.78. The van der Waals surface area contributed by atoms with Crippen LogP contribution in [0.5, 0.6) is 0 Å². The molecule has 0 bridgehead atoms. The van der Waals surface area contributed by atoms with E-state index in [9.17, 15) is 0 Å². The first-order valence-corrected chi connectivity index (χ1v) is 6.82. The topological polar surface area (TPSA) is 38.9 Å². The van der Waals surface area contributed by atoms with Crippen molar-refractivity contribution in [2.45, 2.75) is 39.0 Å². The van der Waals surface area contributed by atoms with E-state index in [1.165, 1.54) is 24.8 Å². The summed E-state index contributed by atoms with van der Waals surface area (Å²) >= 11 is 0. The maximum atomic E-state index is 5.93. The van der Waals surface area contributed by atoms with Gasteiger partial charge in [-0.2, -0.15) is 0 Å². The number of nitrogens with two attached hydrogens (primary N) is 1. The van der Waals surface area contributed by atoms with Crippen LogP contribution >= 0.6 is 0 Å². The Morgan fingerprint density at radius 3 is 2.82 bits per heavy atom. The molecule has 2 rings (SSSR count). The van der Waals surface area contributed by atoms with E-state index in [4.69, 9.17) is 5.73 Å². The number of nitrogens with zero attached hydrogens (tertiary/aromatic N) is 1. The molecule has 1 saturated carbocycles. The molecule has 2 N–H and O–H groups in total. The van der Waals surface area contributed by atoms with Crippen LogP contribution in [0.3, 0.4) is 0 Å². The minimum Gasteiger partial charge on any atom is -0.330 e. The fourth-order valence-electron chi connectivity index (χ4n) is 3.16. The van der Waals surface area contributed by atoms with E-state index >= 15 is 0 Å².